The van der Waals surface area contributed by atoms with Gasteiger partial charge in [-0.3, -0.25) is 4.79 Å². The van der Waals surface area contributed by atoms with Crippen molar-refractivity contribution in [2.45, 2.75) is 24.4 Å². The SMILES string of the molecule is O=C(N[n+]1ccccc1)c1ccc(C2CC2c2ccc(C(F)(F)F)cc2)cc1. The van der Waals surface area contributed by atoms with Gasteiger partial charge in [-0.1, -0.05) is 35.0 Å². The molecule has 0 aliphatic heterocycles. The molecule has 1 N–H and O–H groups in total. The number of nitrogens with zero attached hydrogens (tertiary/aromatic N) is 1. The van der Waals surface area contributed by atoms with Crippen LogP contribution in [-0.4, -0.2) is 5.91 Å². The maximum absolute atomic E-state index is 12.7. The van der Waals surface area contributed by atoms with Crippen LogP contribution < -0.4 is 10.1 Å². The highest BCUT2D eigenvalue weighted by Crippen LogP contribution is 2.54. The minimum atomic E-state index is -4.31. The first-order valence-electron chi connectivity index (χ1n) is 8.96. The molecular formula is C22H18F3N2O+. The van der Waals surface area contributed by atoms with Gasteiger partial charge in [-0.2, -0.15) is 13.2 Å². The normalized spacial score (nSPS) is 18.5. The van der Waals surface area contributed by atoms with Gasteiger partial charge in [-0.15, -0.1) is 5.43 Å². The van der Waals surface area contributed by atoms with E-state index in [1.54, 1.807) is 41.3 Å². The highest BCUT2D eigenvalue weighted by Gasteiger charge is 2.40. The van der Waals surface area contributed by atoms with Crippen molar-refractivity contribution in [2.75, 3.05) is 5.43 Å². The van der Waals surface area contributed by atoms with Crippen molar-refractivity contribution in [1.82, 2.24) is 0 Å². The fourth-order valence-corrected chi connectivity index (χ4v) is 3.39. The summed E-state index contributed by atoms with van der Waals surface area (Å²) in [7, 11) is 0. The molecule has 1 aliphatic carbocycles. The molecule has 1 amide bonds. The second-order valence-corrected chi connectivity index (χ2v) is 6.91. The third-order valence-corrected chi connectivity index (χ3v) is 5.00. The van der Waals surface area contributed by atoms with E-state index < -0.39 is 11.7 Å². The monoisotopic (exact) mass is 383 g/mol. The van der Waals surface area contributed by atoms with Gasteiger partial charge in [-0.25, -0.2) is 0 Å². The summed E-state index contributed by atoms with van der Waals surface area (Å²) in [5, 5.41) is 0. The highest BCUT2D eigenvalue weighted by molar-refractivity contribution is 5.98. The first-order chi connectivity index (χ1) is 13.4. The number of aromatic nitrogens is 1. The average Bonchev–Trinajstić information content (AvgIpc) is 3.49. The van der Waals surface area contributed by atoms with Gasteiger partial charge < -0.3 is 0 Å². The van der Waals surface area contributed by atoms with Gasteiger partial charge in [0.05, 0.1) is 5.56 Å². The molecule has 0 saturated heterocycles. The Labute approximate surface area is 160 Å². The van der Waals surface area contributed by atoms with E-state index in [-0.39, 0.29) is 17.7 Å². The van der Waals surface area contributed by atoms with Crippen LogP contribution in [-0.2, 0) is 6.18 Å². The minimum absolute atomic E-state index is 0.210. The van der Waals surface area contributed by atoms with Crippen molar-refractivity contribution in [1.29, 1.82) is 0 Å². The fourth-order valence-electron chi connectivity index (χ4n) is 3.39. The number of carbonyl (C=O) groups excluding carboxylic acids is 1. The molecule has 2 aromatic carbocycles. The van der Waals surface area contributed by atoms with Crippen LogP contribution in [0.4, 0.5) is 13.2 Å². The first-order valence-corrected chi connectivity index (χ1v) is 8.96. The number of benzene rings is 2. The zero-order valence-corrected chi connectivity index (χ0v) is 14.9. The van der Waals surface area contributed by atoms with Gasteiger partial charge in [0, 0.05) is 17.7 Å². The summed E-state index contributed by atoms with van der Waals surface area (Å²) in [5.41, 5.74) is 4.69. The summed E-state index contributed by atoms with van der Waals surface area (Å²) in [6.45, 7) is 0. The van der Waals surface area contributed by atoms with Crippen molar-refractivity contribution in [3.63, 3.8) is 0 Å². The lowest BCUT2D eigenvalue weighted by Gasteiger charge is -2.08. The lowest BCUT2D eigenvalue weighted by Crippen LogP contribution is -2.47. The van der Waals surface area contributed by atoms with Crippen molar-refractivity contribution >= 4 is 5.91 Å². The lowest BCUT2D eigenvalue weighted by molar-refractivity contribution is -0.641. The second kappa shape index (κ2) is 7.11. The number of amides is 1. The molecule has 3 aromatic rings. The largest absolute Gasteiger partial charge is 0.416 e. The van der Waals surface area contributed by atoms with Gasteiger partial charge in [0.1, 0.15) is 0 Å². The highest BCUT2D eigenvalue weighted by atomic mass is 19.4. The van der Waals surface area contributed by atoms with E-state index in [1.807, 2.05) is 30.3 Å². The van der Waals surface area contributed by atoms with Crippen LogP contribution >= 0.6 is 0 Å². The standard InChI is InChI=1S/C22H17F3N2O/c23-22(24,25)18-10-8-16(9-11-18)20-14-19(20)15-4-6-17(7-5-15)21(28)26-27-12-2-1-3-13-27/h1-13,19-20H,14H2/p+1. The minimum Gasteiger partial charge on any atom is -0.264 e. The number of pyridine rings is 1. The van der Waals surface area contributed by atoms with E-state index in [0.717, 1.165) is 29.7 Å². The average molecular weight is 383 g/mol. The summed E-state index contributed by atoms with van der Waals surface area (Å²) < 4.78 is 39.6. The van der Waals surface area contributed by atoms with Gasteiger partial charge in [0.15, 0.2) is 12.4 Å². The number of nitrogens with one attached hydrogen (secondary N) is 1. The number of halogens is 3. The van der Waals surface area contributed by atoms with E-state index in [1.165, 1.54) is 0 Å². The second-order valence-electron chi connectivity index (χ2n) is 6.91. The number of hydrogen-bond acceptors (Lipinski definition) is 1. The Morgan fingerprint density at radius 3 is 1.93 bits per heavy atom. The molecule has 0 radical (unpaired) electrons. The van der Waals surface area contributed by atoms with Crippen molar-refractivity contribution in [3.8, 4) is 0 Å². The van der Waals surface area contributed by atoms with E-state index in [2.05, 4.69) is 5.43 Å². The van der Waals surface area contributed by atoms with E-state index >= 15 is 0 Å². The number of rotatable bonds is 4. The quantitative estimate of drug-likeness (QED) is 0.654. The number of hydrogen-bond donors (Lipinski definition) is 1. The molecule has 3 nitrogen and oxygen atoms in total. The zero-order valence-electron chi connectivity index (χ0n) is 14.9. The molecule has 1 aliphatic rings. The van der Waals surface area contributed by atoms with Crippen LogP contribution in [0.2, 0.25) is 0 Å². The van der Waals surface area contributed by atoms with Crippen LogP contribution in [0.15, 0.2) is 79.1 Å². The Morgan fingerprint density at radius 2 is 1.39 bits per heavy atom. The Bertz CT molecular complexity index is 967. The molecule has 1 saturated carbocycles. The molecule has 4 rings (SSSR count). The van der Waals surface area contributed by atoms with Crippen LogP contribution in [0.5, 0.6) is 0 Å². The summed E-state index contributed by atoms with van der Waals surface area (Å²) in [6, 6.07) is 18.3. The Hall–Kier alpha value is -3.15. The van der Waals surface area contributed by atoms with Crippen molar-refractivity contribution in [2.24, 2.45) is 0 Å². The molecule has 142 valence electrons. The number of carbonyl (C=O) groups is 1. The number of alkyl halides is 3. The third-order valence-electron chi connectivity index (χ3n) is 5.00. The zero-order chi connectivity index (χ0) is 19.7. The van der Waals surface area contributed by atoms with Crippen LogP contribution in [0, 0.1) is 0 Å². The lowest BCUT2D eigenvalue weighted by atomic mass is 10.0. The molecule has 1 aromatic heterocycles. The van der Waals surface area contributed by atoms with E-state index in [9.17, 15) is 18.0 Å². The maximum atomic E-state index is 12.7. The summed E-state index contributed by atoms with van der Waals surface area (Å²) in [6.07, 6.45) is 0.0724. The Kier molecular flexibility index (Phi) is 4.63. The van der Waals surface area contributed by atoms with Gasteiger partial charge >= 0.3 is 12.1 Å². The predicted octanol–water partition coefficient (Wildman–Crippen LogP) is 4.65. The summed E-state index contributed by atoms with van der Waals surface area (Å²) in [4.78, 5) is 12.3. The molecule has 0 spiro atoms. The first kappa shape index (κ1) is 18.2. The Morgan fingerprint density at radius 1 is 0.857 bits per heavy atom. The molecule has 1 fully saturated rings. The van der Waals surface area contributed by atoms with Gasteiger partial charge in [-0.05, 0) is 53.6 Å². The van der Waals surface area contributed by atoms with Crippen LogP contribution in [0.25, 0.3) is 0 Å². The Balaban J connectivity index is 1.41. The van der Waals surface area contributed by atoms with Crippen molar-refractivity contribution < 1.29 is 22.6 Å². The topological polar surface area (TPSA) is 33.0 Å². The third kappa shape index (κ3) is 3.91. The molecule has 6 heteroatoms. The molecule has 2 atom stereocenters. The smallest absolute Gasteiger partial charge is 0.264 e. The van der Waals surface area contributed by atoms with Crippen molar-refractivity contribution in [3.05, 3.63) is 101 Å². The van der Waals surface area contributed by atoms with E-state index in [0.29, 0.717) is 5.56 Å². The van der Waals surface area contributed by atoms with Crippen LogP contribution in [0.1, 0.15) is 45.3 Å². The molecule has 1 heterocycles. The maximum Gasteiger partial charge on any atom is 0.416 e. The van der Waals surface area contributed by atoms with Gasteiger partial charge in [0.2, 0.25) is 0 Å². The molecular weight excluding hydrogens is 365 g/mol. The summed E-state index contributed by atoms with van der Waals surface area (Å²) in [5.74, 6) is 0.289. The predicted molar refractivity (Wildman–Crippen MR) is 98.3 cm³/mol. The molecule has 0 bridgehead atoms. The molecule has 2 unspecified atom stereocenters. The van der Waals surface area contributed by atoms with Crippen LogP contribution in [0.3, 0.4) is 0 Å². The fraction of sp³-hybridized carbons (Fsp3) is 0.182. The van der Waals surface area contributed by atoms with Gasteiger partial charge in [0.25, 0.3) is 0 Å². The van der Waals surface area contributed by atoms with E-state index in [4.69, 9.17) is 0 Å². The molecule has 28 heavy (non-hydrogen) atoms. The summed E-state index contributed by atoms with van der Waals surface area (Å²) >= 11 is 0.